The number of ether oxygens (including phenoxy) is 4. The van der Waals surface area contributed by atoms with Gasteiger partial charge < -0.3 is 37.7 Å². The minimum Gasteiger partial charge on any atom is -0.464 e. The van der Waals surface area contributed by atoms with Crippen LogP contribution in [0.1, 0.15) is 140 Å². The third-order valence-electron chi connectivity index (χ3n) is 13.8. The van der Waals surface area contributed by atoms with Crippen LogP contribution in [-0.2, 0) is 46.0 Å². The van der Waals surface area contributed by atoms with E-state index in [1.807, 2.05) is 13.1 Å². The van der Waals surface area contributed by atoms with Gasteiger partial charge in [0.15, 0.2) is 6.04 Å². The molecule has 0 bridgehead atoms. The van der Waals surface area contributed by atoms with Crippen molar-refractivity contribution in [2.24, 2.45) is 5.41 Å². The van der Waals surface area contributed by atoms with Crippen LogP contribution in [0.25, 0.3) is 22.2 Å². The number of carbonyl (C=O) groups excluding carboxylic acids is 3. The van der Waals surface area contributed by atoms with Gasteiger partial charge in [0.25, 0.3) is 0 Å². The Morgan fingerprint density at radius 3 is 2.07 bits per heavy atom. The molecule has 2 atom stereocenters. The molecule has 1 aromatic carbocycles. The van der Waals surface area contributed by atoms with Crippen molar-refractivity contribution in [2.45, 2.75) is 176 Å². The molecule has 0 N–H and O–H groups in total. The molecule has 1 aliphatic carbocycles. The van der Waals surface area contributed by atoms with Crippen molar-refractivity contribution >= 4 is 47.3 Å². The number of amides is 2. The van der Waals surface area contributed by atoms with Crippen molar-refractivity contribution in [3.05, 3.63) is 41.7 Å². The zero-order valence-corrected chi connectivity index (χ0v) is 43.0. The van der Waals surface area contributed by atoms with Gasteiger partial charge in [0.1, 0.15) is 11.2 Å². The fourth-order valence-electron chi connectivity index (χ4n) is 9.40. The summed E-state index contributed by atoms with van der Waals surface area (Å²) in [6.07, 6.45) is 3.96. The highest BCUT2D eigenvalue weighted by Gasteiger charge is 2.52. The van der Waals surface area contributed by atoms with Crippen molar-refractivity contribution < 1.29 is 42.6 Å². The average Bonchev–Trinajstić information content (AvgIpc) is 4.02. The number of benzene rings is 1. The smallest absolute Gasteiger partial charge is 0.464 e. The number of pyridine rings is 1. The number of hydrogen-bond acceptors (Lipinski definition) is 12. The summed E-state index contributed by atoms with van der Waals surface area (Å²) in [6, 6.07) is 8.38. The highest BCUT2D eigenvalue weighted by atomic mass is 16.7. The van der Waals surface area contributed by atoms with E-state index in [0.29, 0.717) is 19.4 Å². The molecule has 0 radical (unpaired) electrons. The molecule has 3 aliphatic heterocycles. The maximum Gasteiger partial charge on any atom is 0.494 e. The van der Waals surface area contributed by atoms with Crippen LogP contribution in [0.3, 0.4) is 0 Å². The minimum atomic E-state index is -1.11. The summed E-state index contributed by atoms with van der Waals surface area (Å²) in [4.78, 5) is 52.0. The van der Waals surface area contributed by atoms with Crippen LogP contribution in [-0.4, -0.2) is 131 Å². The molecule has 368 valence electrons. The van der Waals surface area contributed by atoms with Crippen LogP contribution in [0.15, 0.2) is 30.5 Å². The Balaban J connectivity index is 1.27. The van der Waals surface area contributed by atoms with E-state index in [-0.39, 0.29) is 25.7 Å². The van der Waals surface area contributed by atoms with Crippen molar-refractivity contribution in [1.29, 1.82) is 0 Å². The number of piperazine rings is 1. The Kier molecular flexibility index (Phi) is 14.2. The quantitative estimate of drug-likeness (QED) is 0.0977. The first-order valence-corrected chi connectivity index (χ1v) is 24.4. The molecule has 5 heterocycles. The van der Waals surface area contributed by atoms with Gasteiger partial charge in [-0.15, -0.1) is 0 Å². The van der Waals surface area contributed by atoms with Gasteiger partial charge in [-0.2, -0.15) is 5.01 Å². The number of esters is 1. The van der Waals surface area contributed by atoms with Gasteiger partial charge in [-0.1, -0.05) is 26.0 Å². The first-order valence-electron chi connectivity index (χ1n) is 24.4. The molecule has 1 saturated carbocycles. The summed E-state index contributed by atoms with van der Waals surface area (Å²) < 4.78 is 39.3. The van der Waals surface area contributed by atoms with Gasteiger partial charge in [0.05, 0.1) is 47.2 Å². The molecule has 3 aromatic rings. The van der Waals surface area contributed by atoms with Gasteiger partial charge in [0.2, 0.25) is 0 Å². The Morgan fingerprint density at radius 1 is 0.866 bits per heavy atom. The predicted molar refractivity (Wildman–Crippen MR) is 261 cm³/mol. The number of nitrogens with zero attached hydrogens (tertiary/aromatic N) is 6. The summed E-state index contributed by atoms with van der Waals surface area (Å²) >= 11 is 0. The molecule has 2 amide bonds. The number of aryl methyl sites for hydroxylation is 1. The summed E-state index contributed by atoms with van der Waals surface area (Å²) in [5.74, 6) is -0.624. The zero-order valence-electron chi connectivity index (χ0n) is 43.0. The number of carbonyl (C=O) groups is 3. The van der Waals surface area contributed by atoms with Crippen molar-refractivity contribution in [1.82, 2.24) is 24.5 Å². The fourth-order valence-corrected chi connectivity index (χ4v) is 9.40. The van der Waals surface area contributed by atoms with Gasteiger partial charge in [0, 0.05) is 74.3 Å². The number of methoxy groups -OCH3 is 1. The van der Waals surface area contributed by atoms with E-state index >= 15 is 0 Å². The number of anilines is 1. The Labute approximate surface area is 399 Å². The summed E-state index contributed by atoms with van der Waals surface area (Å²) in [5, 5.41) is 3.31. The third-order valence-corrected chi connectivity index (χ3v) is 13.8. The van der Waals surface area contributed by atoms with Crippen molar-refractivity contribution in [2.75, 3.05) is 51.3 Å². The fraction of sp³-hybridized carbons (Fsp3) is 0.686. The van der Waals surface area contributed by atoms with Crippen LogP contribution in [0.2, 0.25) is 0 Å². The van der Waals surface area contributed by atoms with Gasteiger partial charge in [-0.25, -0.2) is 19.4 Å². The summed E-state index contributed by atoms with van der Waals surface area (Å²) in [6.45, 7) is 31.9. The topological polar surface area (TPSA) is 137 Å². The molecular weight excluding hydrogens is 851 g/mol. The minimum absolute atomic E-state index is 0.0248. The molecule has 67 heavy (non-hydrogen) atoms. The van der Waals surface area contributed by atoms with E-state index in [0.717, 1.165) is 81.8 Å². The lowest BCUT2D eigenvalue weighted by molar-refractivity contribution is -0.164. The SMILES string of the molecule is CCn1c(-c2cc(N3CCN(C4CC4)CC3)cnc2[C@H](C)OC)c(CC(C)(C)COC(=O)[C@@H]2CCCN(C(=O)OC(C)(C)C)N2C(=O)OC(C)(C)C)c2cc(B3OC(C)(C)C(C)(C)O3)ccc21. The Bertz CT molecular complexity index is 2290. The number of hydrazine groups is 1. The number of hydrogen-bond donors (Lipinski definition) is 0. The normalized spacial score (nSPS) is 20.9. The standard InChI is InChI=1S/C51H77BN6O9/c1-16-56-40-22-19-34(52-66-50(11,12)51(13,14)67-52)28-37(40)39(43(56)38-29-36(31-53-42(38)33(2)62-15)55-26-24-54(25-27-55)35-20-21-35)30-49(9,10)32-63-44(59)41-18-17-23-57(45(60)64-47(3,4)5)58(41)46(61)65-48(6,7)8/h19,22,28-29,31,33,35,41H,16-18,20-21,23-27,30,32H2,1-15H3/t33-,41-/m0/s1. The highest BCUT2D eigenvalue weighted by molar-refractivity contribution is 6.62. The van der Waals surface area contributed by atoms with E-state index < -0.39 is 59.1 Å². The van der Waals surface area contributed by atoms with Crippen LogP contribution < -0.4 is 10.4 Å². The molecule has 15 nitrogen and oxygen atoms in total. The first-order chi connectivity index (χ1) is 31.2. The van der Waals surface area contributed by atoms with Crippen molar-refractivity contribution in [3.8, 4) is 11.3 Å². The molecule has 0 spiro atoms. The van der Waals surface area contributed by atoms with Crippen LogP contribution in [0.5, 0.6) is 0 Å². The second-order valence-corrected chi connectivity index (χ2v) is 22.7. The van der Waals surface area contributed by atoms with Gasteiger partial charge in [-0.05, 0) is 138 Å². The molecular formula is C51H77BN6O9. The average molecular weight is 929 g/mol. The van der Waals surface area contributed by atoms with Crippen LogP contribution >= 0.6 is 0 Å². The molecule has 0 unspecified atom stereocenters. The van der Waals surface area contributed by atoms with Gasteiger partial charge in [-0.3, -0.25) is 9.88 Å². The second-order valence-electron chi connectivity index (χ2n) is 22.7. The number of rotatable bonds is 12. The van der Waals surface area contributed by atoms with Crippen LogP contribution in [0, 0.1) is 5.41 Å². The molecule has 4 aliphatic rings. The van der Waals surface area contributed by atoms with E-state index in [9.17, 15) is 14.4 Å². The first kappa shape index (κ1) is 50.5. The van der Waals surface area contributed by atoms with E-state index in [1.54, 1.807) is 48.7 Å². The van der Waals surface area contributed by atoms with E-state index in [2.05, 4.69) is 87.1 Å². The van der Waals surface area contributed by atoms with E-state index in [4.69, 9.17) is 33.2 Å². The lowest BCUT2D eigenvalue weighted by Crippen LogP contribution is -2.61. The lowest BCUT2D eigenvalue weighted by atomic mass is 9.77. The largest absolute Gasteiger partial charge is 0.494 e. The predicted octanol–water partition coefficient (Wildman–Crippen LogP) is 8.68. The third kappa shape index (κ3) is 11.1. The molecule has 4 fully saturated rings. The number of fused-ring (bicyclic) bond motifs is 1. The van der Waals surface area contributed by atoms with Crippen LogP contribution in [0.4, 0.5) is 15.3 Å². The summed E-state index contributed by atoms with van der Waals surface area (Å²) in [7, 11) is 1.14. The maximum atomic E-state index is 14.4. The molecule has 3 saturated heterocycles. The lowest BCUT2D eigenvalue weighted by Gasteiger charge is -2.43. The number of aromatic nitrogens is 2. The summed E-state index contributed by atoms with van der Waals surface area (Å²) in [5.41, 5.74) is 3.58. The Hall–Kier alpha value is -4.38. The maximum absolute atomic E-state index is 14.4. The highest BCUT2D eigenvalue weighted by Crippen LogP contribution is 2.43. The monoisotopic (exact) mass is 929 g/mol. The molecule has 2 aromatic heterocycles. The van der Waals surface area contributed by atoms with E-state index in [1.165, 1.54) is 17.9 Å². The molecule has 7 rings (SSSR count). The van der Waals surface area contributed by atoms with Crippen molar-refractivity contribution in [3.63, 3.8) is 0 Å². The second kappa shape index (κ2) is 18.8. The van der Waals surface area contributed by atoms with Gasteiger partial charge >= 0.3 is 25.3 Å². The zero-order chi connectivity index (χ0) is 49.0. The Morgan fingerprint density at radius 2 is 1.49 bits per heavy atom. The molecule has 16 heteroatoms.